The lowest BCUT2D eigenvalue weighted by molar-refractivity contribution is -0.118. The highest BCUT2D eigenvalue weighted by Gasteiger charge is 2.32. The molecule has 1 aliphatic rings. The van der Waals surface area contributed by atoms with Crippen LogP contribution in [0, 0.1) is 11.7 Å². The van der Waals surface area contributed by atoms with Gasteiger partial charge in [0, 0.05) is 4.88 Å². The van der Waals surface area contributed by atoms with Gasteiger partial charge in [-0.3, -0.25) is 9.59 Å². The molecular weight excluding hydrogens is 411 g/mol. The zero-order chi connectivity index (χ0) is 21.6. The minimum Gasteiger partial charge on any atom is -0.347 e. The number of halogens is 1. The van der Waals surface area contributed by atoms with E-state index in [4.69, 9.17) is 0 Å². The highest BCUT2D eigenvalue weighted by molar-refractivity contribution is 7.09. The van der Waals surface area contributed by atoms with E-state index in [2.05, 4.69) is 10.6 Å². The molecule has 160 valence electrons. The summed E-state index contributed by atoms with van der Waals surface area (Å²) in [5, 5.41) is 7.54. The fourth-order valence-electron chi connectivity index (χ4n) is 4.33. The van der Waals surface area contributed by atoms with Gasteiger partial charge in [-0.1, -0.05) is 55.3 Å². The monoisotopic (exact) mass is 436 g/mol. The van der Waals surface area contributed by atoms with Crippen LogP contribution in [-0.4, -0.2) is 11.8 Å². The predicted molar refractivity (Wildman–Crippen MR) is 122 cm³/mol. The first-order valence-electron chi connectivity index (χ1n) is 10.6. The van der Waals surface area contributed by atoms with Gasteiger partial charge in [-0.2, -0.15) is 0 Å². The summed E-state index contributed by atoms with van der Waals surface area (Å²) in [5.41, 5.74) is 1.02. The minimum absolute atomic E-state index is 0.134. The minimum atomic E-state index is -0.654. The summed E-state index contributed by atoms with van der Waals surface area (Å²) >= 11 is 1.52. The first-order valence-corrected chi connectivity index (χ1v) is 11.5. The summed E-state index contributed by atoms with van der Waals surface area (Å²) < 4.78 is 14.6. The van der Waals surface area contributed by atoms with Gasteiger partial charge in [0.25, 0.3) is 5.91 Å². The van der Waals surface area contributed by atoms with E-state index in [0.29, 0.717) is 6.54 Å². The lowest BCUT2D eigenvalue weighted by Gasteiger charge is -2.24. The maximum atomic E-state index is 14.6. The van der Waals surface area contributed by atoms with Crippen molar-refractivity contribution in [2.24, 2.45) is 5.92 Å². The molecule has 2 aromatic carbocycles. The maximum absolute atomic E-state index is 14.6. The van der Waals surface area contributed by atoms with Crippen LogP contribution in [0.1, 0.15) is 52.4 Å². The lowest BCUT2D eigenvalue weighted by atomic mass is 9.84. The Kier molecular flexibility index (Phi) is 6.77. The van der Waals surface area contributed by atoms with Crippen LogP contribution in [0.4, 0.5) is 10.1 Å². The van der Waals surface area contributed by atoms with Crippen molar-refractivity contribution in [1.29, 1.82) is 0 Å². The number of hydrogen-bond acceptors (Lipinski definition) is 3. The molecule has 3 aromatic rings. The van der Waals surface area contributed by atoms with Gasteiger partial charge in [0.2, 0.25) is 5.91 Å². The Morgan fingerprint density at radius 2 is 1.77 bits per heavy atom. The number of carbonyl (C=O) groups excluding carboxylic acids is 2. The number of thiophene rings is 1. The van der Waals surface area contributed by atoms with E-state index in [1.807, 2.05) is 47.8 Å². The van der Waals surface area contributed by atoms with Crippen LogP contribution in [0.2, 0.25) is 0 Å². The normalized spacial score (nSPS) is 14.9. The molecule has 2 amide bonds. The summed E-state index contributed by atoms with van der Waals surface area (Å²) in [4.78, 5) is 27.1. The van der Waals surface area contributed by atoms with Crippen molar-refractivity contribution in [2.75, 3.05) is 5.32 Å². The molecule has 0 radical (unpaired) electrons. The van der Waals surface area contributed by atoms with Gasteiger partial charge in [-0.15, -0.1) is 11.3 Å². The molecule has 1 heterocycles. The molecule has 0 unspecified atom stereocenters. The number of anilines is 1. The molecule has 0 aliphatic heterocycles. The van der Waals surface area contributed by atoms with Crippen LogP contribution in [-0.2, 0) is 11.3 Å². The van der Waals surface area contributed by atoms with Crippen molar-refractivity contribution >= 4 is 28.8 Å². The van der Waals surface area contributed by atoms with Crippen molar-refractivity contribution in [1.82, 2.24) is 5.32 Å². The average molecular weight is 437 g/mol. The topological polar surface area (TPSA) is 58.2 Å². The Morgan fingerprint density at radius 3 is 2.48 bits per heavy atom. The fraction of sp³-hybridized carbons (Fsp3) is 0.280. The number of benzene rings is 2. The summed E-state index contributed by atoms with van der Waals surface area (Å²) in [6.45, 7) is 0.312. The van der Waals surface area contributed by atoms with Crippen molar-refractivity contribution < 1.29 is 14.0 Å². The number of nitrogens with one attached hydrogen (secondary N) is 2. The summed E-state index contributed by atoms with van der Waals surface area (Å²) in [5.74, 6) is -1.48. The third kappa shape index (κ3) is 5.02. The number of amides is 2. The molecule has 1 saturated carbocycles. The molecular formula is C25H25FN2O2S. The first kappa shape index (κ1) is 21.2. The maximum Gasteiger partial charge on any atom is 0.256 e. The largest absolute Gasteiger partial charge is 0.347 e. The van der Waals surface area contributed by atoms with Gasteiger partial charge in [0.05, 0.1) is 23.7 Å². The zero-order valence-corrected chi connectivity index (χ0v) is 18.0. The van der Waals surface area contributed by atoms with Gasteiger partial charge in [0.15, 0.2) is 0 Å². The van der Waals surface area contributed by atoms with Crippen LogP contribution < -0.4 is 10.6 Å². The van der Waals surface area contributed by atoms with E-state index in [-0.39, 0.29) is 29.0 Å². The van der Waals surface area contributed by atoms with Crippen LogP contribution in [0.5, 0.6) is 0 Å². The molecule has 1 fully saturated rings. The predicted octanol–water partition coefficient (Wildman–Crippen LogP) is 5.73. The SMILES string of the molecule is O=C(NCc1cccs1)c1c(F)cccc1NC(=O)[C@@H](c1ccccc1)C1CCCC1. The molecule has 31 heavy (non-hydrogen) atoms. The molecule has 1 aliphatic carbocycles. The van der Waals surface area contributed by atoms with Gasteiger partial charge in [-0.25, -0.2) is 4.39 Å². The van der Waals surface area contributed by atoms with Crippen molar-refractivity contribution in [2.45, 2.75) is 38.1 Å². The third-order valence-corrected chi connectivity index (χ3v) is 6.69. The van der Waals surface area contributed by atoms with Crippen molar-refractivity contribution in [3.8, 4) is 0 Å². The van der Waals surface area contributed by atoms with E-state index in [1.54, 1.807) is 6.07 Å². The Morgan fingerprint density at radius 1 is 1.00 bits per heavy atom. The Balaban J connectivity index is 1.56. The van der Waals surface area contributed by atoms with Crippen LogP contribution in [0.15, 0.2) is 66.0 Å². The molecule has 1 aromatic heterocycles. The highest BCUT2D eigenvalue weighted by Crippen LogP contribution is 2.38. The summed E-state index contributed by atoms with van der Waals surface area (Å²) in [7, 11) is 0. The number of carbonyl (C=O) groups is 2. The summed E-state index contributed by atoms with van der Waals surface area (Å²) in [6.07, 6.45) is 4.20. The van der Waals surface area contributed by atoms with Crippen molar-refractivity contribution in [3.05, 3.63) is 87.9 Å². The van der Waals surface area contributed by atoms with Crippen LogP contribution in [0.25, 0.3) is 0 Å². The van der Waals surface area contributed by atoms with E-state index in [1.165, 1.54) is 23.5 Å². The van der Waals surface area contributed by atoms with Crippen LogP contribution >= 0.6 is 11.3 Å². The van der Waals surface area contributed by atoms with Gasteiger partial charge < -0.3 is 10.6 Å². The highest BCUT2D eigenvalue weighted by atomic mass is 32.1. The third-order valence-electron chi connectivity index (χ3n) is 5.81. The lowest BCUT2D eigenvalue weighted by Crippen LogP contribution is -2.29. The Hall–Kier alpha value is -2.99. The van der Waals surface area contributed by atoms with Gasteiger partial charge in [0.1, 0.15) is 5.82 Å². The quantitative estimate of drug-likeness (QED) is 0.497. The number of hydrogen-bond donors (Lipinski definition) is 2. The molecule has 4 nitrogen and oxygen atoms in total. The first-order chi connectivity index (χ1) is 15.1. The molecule has 6 heteroatoms. The standard InChI is InChI=1S/C25H25FN2O2S/c26-20-13-6-14-21(23(20)24(29)27-16-19-12-7-15-31-19)28-25(30)22(18-10-4-5-11-18)17-8-2-1-3-9-17/h1-3,6-9,12-15,18,22H,4-5,10-11,16H2,(H,27,29)(H,28,30)/t22-/m0/s1. The second-order valence-electron chi connectivity index (χ2n) is 7.85. The second-order valence-corrected chi connectivity index (χ2v) is 8.88. The van der Waals surface area contributed by atoms with Gasteiger partial charge in [-0.05, 0) is 47.9 Å². The van der Waals surface area contributed by atoms with E-state index >= 15 is 0 Å². The Labute approximate surface area is 185 Å². The molecule has 4 rings (SSSR count). The molecule has 0 bridgehead atoms. The number of rotatable bonds is 7. The Bertz CT molecular complexity index is 1030. The summed E-state index contributed by atoms with van der Waals surface area (Å²) in [6, 6.07) is 17.8. The zero-order valence-electron chi connectivity index (χ0n) is 17.1. The average Bonchev–Trinajstić information content (AvgIpc) is 3.48. The van der Waals surface area contributed by atoms with Gasteiger partial charge >= 0.3 is 0 Å². The molecule has 0 spiro atoms. The van der Waals surface area contributed by atoms with E-state index < -0.39 is 11.7 Å². The second kappa shape index (κ2) is 9.88. The van der Waals surface area contributed by atoms with Crippen LogP contribution in [0.3, 0.4) is 0 Å². The molecule has 1 atom stereocenters. The van der Waals surface area contributed by atoms with E-state index in [9.17, 15) is 14.0 Å². The van der Waals surface area contributed by atoms with E-state index in [0.717, 1.165) is 36.1 Å². The molecule has 2 N–H and O–H groups in total. The smallest absolute Gasteiger partial charge is 0.256 e. The molecule has 0 saturated heterocycles. The van der Waals surface area contributed by atoms with Crippen molar-refractivity contribution in [3.63, 3.8) is 0 Å². The fourth-order valence-corrected chi connectivity index (χ4v) is 4.97.